The van der Waals surface area contributed by atoms with Crippen LogP contribution >= 0.6 is 11.3 Å². The van der Waals surface area contributed by atoms with Gasteiger partial charge in [-0.05, 0) is 35.4 Å². The van der Waals surface area contributed by atoms with E-state index in [1.807, 2.05) is 54.5 Å². The van der Waals surface area contributed by atoms with Crippen molar-refractivity contribution in [1.82, 2.24) is 5.32 Å². The molecule has 0 radical (unpaired) electrons. The van der Waals surface area contributed by atoms with E-state index in [1.165, 1.54) is 5.56 Å². The second-order valence-electron chi connectivity index (χ2n) is 6.41. The quantitative estimate of drug-likeness (QED) is 0.908. The van der Waals surface area contributed by atoms with Gasteiger partial charge in [-0.3, -0.25) is 9.59 Å². The molecule has 1 N–H and O–H groups in total. The lowest BCUT2D eigenvalue weighted by atomic mass is 10.0. The number of fused-ring (bicyclic) bond motifs is 1. The number of anilines is 1. The van der Waals surface area contributed by atoms with Crippen molar-refractivity contribution in [3.05, 3.63) is 52.2 Å². The van der Waals surface area contributed by atoms with Crippen LogP contribution in [0.1, 0.15) is 24.3 Å². The summed E-state index contributed by atoms with van der Waals surface area (Å²) in [6.07, 6.45) is 1.20. The molecular formula is C19H22N2O2S. The molecule has 0 unspecified atom stereocenters. The van der Waals surface area contributed by atoms with Crippen LogP contribution in [-0.2, 0) is 22.4 Å². The van der Waals surface area contributed by atoms with E-state index in [4.69, 9.17) is 0 Å². The average Bonchev–Trinajstić information content (AvgIpc) is 3.21. The number of benzene rings is 1. The first-order valence-corrected chi connectivity index (χ1v) is 9.15. The molecule has 1 aromatic heterocycles. The van der Waals surface area contributed by atoms with Crippen molar-refractivity contribution < 1.29 is 9.59 Å². The van der Waals surface area contributed by atoms with E-state index in [1.54, 1.807) is 11.3 Å². The number of hydrogen-bond acceptors (Lipinski definition) is 3. The molecule has 3 rings (SSSR count). The maximum Gasteiger partial charge on any atom is 0.249 e. The first-order chi connectivity index (χ1) is 11.6. The normalized spacial score (nSPS) is 14.5. The Balaban J connectivity index is 1.71. The highest BCUT2D eigenvalue weighted by molar-refractivity contribution is 7.10. The van der Waals surface area contributed by atoms with Crippen molar-refractivity contribution in [2.75, 3.05) is 11.4 Å². The molecule has 0 spiro atoms. The highest BCUT2D eigenvalue weighted by atomic mass is 32.1. The summed E-state index contributed by atoms with van der Waals surface area (Å²) in [7, 11) is 0. The SMILES string of the molecule is CC(C)[C@@H](NC(=O)Cc1cccs1)C(=O)N1CCc2ccccc21. The highest BCUT2D eigenvalue weighted by Gasteiger charge is 2.32. The zero-order valence-electron chi connectivity index (χ0n) is 14.0. The van der Waals surface area contributed by atoms with Crippen LogP contribution in [0.25, 0.3) is 0 Å². The predicted molar refractivity (Wildman–Crippen MR) is 97.3 cm³/mol. The van der Waals surface area contributed by atoms with Crippen LogP contribution in [-0.4, -0.2) is 24.4 Å². The summed E-state index contributed by atoms with van der Waals surface area (Å²) < 4.78 is 0. The van der Waals surface area contributed by atoms with Gasteiger partial charge in [0.1, 0.15) is 6.04 Å². The zero-order valence-corrected chi connectivity index (χ0v) is 14.8. The van der Waals surface area contributed by atoms with Gasteiger partial charge in [-0.2, -0.15) is 0 Å². The predicted octanol–water partition coefficient (Wildman–Crippen LogP) is 3.02. The second-order valence-corrected chi connectivity index (χ2v) is 7.45. The zero-order chi connectivity index (χ0) is 17.1. The number of carbonyl (C=O) groups is 2. The number of rotatable bonds is 5. The van der Waals surface area contributed by atoms with Crippen LogP contribution in [0.5, 0.6) is 0 Å². The van der Waals surface area contributed by atoms with Crippen LogP contribution in [0.2, 0.25) is 0 Å². The van der Waals surface area contributed by atoms with E-state index < -0.39 is 6.04 Å². The average molecular weight is 342 g/mol. The third kappa shape index (κ3) is 3.51. The molecule has 24 heavy (non-hydrogen) atoms. The van der Waals surface area contributed by atoms with Crippen LogP contribution in [0.4, 0.5) is 5.69 Å². The summed E-state index contributed by atoms with van der Waals surface area (Å²) in [5, 5.41) is 4.89. The third-order valence-corrected chi connectivity index (χ3v) is 5.19. The van der Waals surface area contributed by atoms with Crippen molar-refractivity contribution in [3.8, 4) is 0 Å². The van der Waals surface area contributed by atoms with Gasteiger partial charge in [-0.15, -0.1) is 11.3 Å². The van der Waals surface area contributed by atoms with E-state index in [2.05, 4.69) is 11.4 Å². The Hall–Kier alpha value is -2.14. The van der Waals surface area contributed by atoms with Gasteiger partial charge < -0.3 is 10.2 Å². The molecule has 0 saturated heterocycles. The van der Waals surface area contributed by atoms with Gasteiger partial charge in [-0.1, -0.05) is 38.1 Å². The van der Waals surface area contributed by atoms with Crippen molar-refractivity contribution in [3.63, 3.8) is 0 Å². The molecule has 4 nitrogen and oxygen atoms in total. The van der Waals surface area contributed by atoms with E-state index >= 15 is 0 Å². The lowest BCUT2D eigenvalue weighted by molar-refractivity contribution is -0.128. The van der Waals surface area contributed by atoms with Gasteiger partial charge >= 0.3 is 0 Å². The summed E-state index contributed by atoms with van der Waals surface area (Å²) in [6.45, 7) is 4.62. The first-order valence-electron chi connectivity index (χ1n) is 8.27. The maximum atomic E-state index is 13.0. The molecule has 5 heteroatoms. The summed E-state index contributed by atoms with van der Waals surface area (Å²) in [6, 6.07) is 11.4. The maximum absolute atomic E-state index is 13.0. The molecule has 2 amide bonds. The number of carbonyl (C=O) groups excluding carboxylic acids is 2. The summed E-state index contributed by atoms with van der Waals surface area (Å²) >= 11 is 1.55. The van der Waals surface area contributed by atoms with Gasteiger partial charge in [-0.25, -0.2) is 0 Å². The van der Waals surface area contributed by atoms with E-state index in [0.29, 0.717) is 13.0 Å². The minimum Gasteiger partial charge on any atom is -0.344 e. The fourth-order valence-electron chi connectivity index (χ4n) is 3.04. The Labute approximate surface area is 146 Å². The standard InChI is InChI=1S/C19H22N2O2S/c1-13(2)18(20-17(22)12-15-7-5-11-24-15)19(23)21-10-9-14-6-3-4-8-16(14)21/h3-8,11,13,18H,9-10,12H2,1-2H3,(H,20,22)/t18-/m1/s1. The summed E-state index contributed by atoms with van der Waals surface area (Å²) in [5.41, 5.74) is 2.17. The smallest absolute Gasteiger partial charge is 0.249 e. The Morgan fingerprint density at radius 3 is 2.71 bits per heavy atom. The van der Waals surface area contributed by atoms with Gasteiger partial charge in [0.25, 0.3) is 0 Å². The number of para-hydroxylation sites is 1. The Morgan fingerprint density at radius 1 is 1.21 bits per heavy atom. The van der Waals surface area contributed by atoms with Crippen molar-refractivity contribution in [2.45, 2.75) is 32.7 Å². The molecule has 0 bridgehead atoms. The molecule has 126 valence electrons. The van der Waals surface area contributed by atoms with Gasteiger partial charge in [0.05, 0.1) is 6.42 Å². The molecule has 2 heterocycles. The molecule has 1 aromatic carbocycles. The van der Waals surface area contributed by atoms with Gasteiger partial charge in [0, 0.05) is 17.1 Å². The third-order valence-electron chi connectivity index (χ3n) is 4.32. The minimum absolute atomic E-state index is 0.0190. The van der Waals surface area contributed by atoms with Crippen molar-refractivity contribution >= 4 is 28.8 Å². The van der Waals surface area contributed by atoms with Crippen molar-refractivity contribution in [2.24, 2.45) is 5.92 Å². The van der Waals surface area contributed by atoms with Gasteiger partial charge in [0.15, 0.2) is 0 Å². The molecule has 0 aliphatic carbocycles. The number of thiophene rings is 1. The molecule has 1 aliphatic heterocycles. The number of amides is 2. The largest absolute Gasteiger partial charge is 0.344 e. The first kappa shape index (κ1) is 16.7. The minimum atomic E-state index is -0.497. The number of nitrogens with one attached hydrogen (secondary N) is 1. The van der Waals surface area contributed by atoms with Crippen LogP contribution < -0.4 is 10.2 Å². The monoisotopic (exact) mass is 342 g/mol. The molecular weight excluding hydrogens is 320 g/mol. The Kier molecular flexibility index (Phi) is 5.00. The van der Waals surface area contributed by atoms with Gasteiger partial charge in [0.2, 0.25) is 11.8 Å². The number of nitrogens with zero attached hydrogens (tertiary/aromatic N) is 1. The second kappa shape index (κ2) is 7.18. The molecule has 0 saturated carbocycles. The Bertz CT molecular complexity index is 725. The van der Waals surface area contributed by atoms with Crippen LogP contribution in [0.3, 0.4) is 0 Å². The molecule has 2 aromatic rings. The highest BCUT2D eigenvalue weighted by Crippen LogP contribution is 2.28. The molecule has 1 atom stereocenters. The lowest BCUT2D eigenvalue weighted by Crippen LogP contribution is -2.51. The van der Waals surface area contributed by atoms with E-state index in [0.717, 1.165) is 17.0 Å². The summed E-state index contributed by atoms with van der Waals surface area (Å²) in [4.78, 5) is 28.1. The van der Waals surface area contributed by atoms with Crippen LogP contribution in [0, 0.1) is 5.92 Å². The number of hydrogen-bond donors (Lipinski definition) is 1. The topological polar surface area (TPSA) is 49.4 Å². The lowest BCUT2D eigenvalue weighted by Gasteiger charge is -2.27. The fourth-order valence-corrected chi connectivity index (χ4v) is 3.75. The molecule has 1 aliphatic rings. The molecule has 0 fully saturated rings. The summed E-state index contributed by atoms with van der Waals surface area (Å²) in [5.74, 6) is -0.0796. The van der Waals surface area contributed by atoms with E-state index in [-0.39, 0.29) is 17.7 Å². The Morgan fingerprint density at radius 2 is 2.00 bits per heavy atom. The van der Waals surface area contributed by atoms with E-state index in [9.17, 15) is 9.59 Å². The van der Waals surface area contributed by atoms with Crippen molar-refractivity contribution in [1.29, 1.82) is 0 Å². The van der Waals surface area contributed by atoms with Crippen LogP contribution in [0.15, 0.2) is 41.8 Å². The fraction of sp³-hybridized carbons (Fsp3) is 0.368.